The largest absolute Gasteiger partial charge is 0.417 e. The van der Waals surface area contributed by atoms with Crippen molar-refractivity contribution in [2.24, 2.45) is 0 Å². The van der Waals surface area contributed by atoms with Gasteiger partial charge in [-0.1, -0.05) is 49.6 Å². The summed E-state index contributed by atoms with van der Waals surface area (Å²) in [6, 6.07) is 8.85. The topological polar surface area (TPSA) is 70.2 Å². The number of hydroxylamine groups is 1. The monoisotopic (exact) mass is 455 g/mol. The van der Waals surface area contributed by atoms with Crippen LogP contribution in [-0.4, -0.2) is 27.3 Å². The zero-order valence-electron chi connectivity index (χ0n) is 17.9. The van der Waals surface area contributed by atoms with Crippen molar-refractivity contribution in [2.75, 3.05) is 6.61 Å². The number of hydrogen-bond acceptors (Lipinski definition) is 4. The quantitative estimate of drug-likeness (QED) is 0.463. The van der Waals surface area contributed by atoms with E-state index in [0.29, 0.717) is 28.0 Å². The SMILES string of the molecule is OCC=Cc1cc(-c2ccccc2C(F)(F)F)cc2[nH]c(C3=CC4(CCCCC4)ON3)nc12. The molecule has 5 nitrogen and oxygen atoms in total. The number of rotatable bonds is 4. The molecule has 0 unspecified atom stereocenters. The van der Waals surface area contributed by atoms with Crippen LogP contribution in [0.2, 0.25) is 0 Å². The molecule has 2 aromatic carbocycles. The Morgan fingerprint density at radius 2 is 1.91 bits per heavy atom. The zero-order chi connectivity index (χ0) is 23.1. The van der Waals surface area contributed by atoms with Gasteiger partial charge in [0.15, 0.2) is 5.82 Å². The fraction of sp³-hybridized carbons (Fsp3) is 0.320. The maximum absolute atomic E-state index is 13.6. The van der Waals surface area contributed by atoms with Crippen LogP contribution in [0.5, 0.6) is 0 Å². The summed E-state index contributed by atoms with van der Waals surface area (Å²) in [6.07, 6.45) is 6.06. The molecule has 1 aliphatic carbocycles. The summed E-state index contributed by atoms with van der Waals surface area (Å²) in [5, 5.41) is 9.26. The van der Waals surface area contributed by atoms with Crippen molar-refractivity contribution >= 4 is 22.8 Å². The second kappa shape index (κ2) is 8.35. The fourth-order valence-corrected chi connectivity index (χ4v) is 4.71. The number of H-pyrrole nitrogens is 1. The first-order chi connectivity index (χ1) is 15.9. The fourth-order valence-electron chi connectivity index (χ4n) is 4.71. The van der Waals surface area contributed by atoms with Crippen molar-refractivity contribution in [3.8, 4) is 11.1 Å². The van der Waals surface area contributed by atoms with Crippen LogP contribution < -0.4 is 5.48 Å². The molecule has 2 heterocycles. The van der Waals surface area contributed by atoms with Crippen LogP contribution in [0, 0.1) is 0 Å². The zero-order valence-corrected chi connectivity index (χ0v) is 17.9. The molecule has 0 saturated heterocycles. The minimum atomic E-state index is -4.48. The van der Waals surface area contributed by atoms with E-state index in [1.165, 1.54) is 24.6 Å². The van der Waals surface area contributed by atoms with E-state index < -0.39 is 11.7 Å². The Bertz CT molecular complexity index is 1240. The molecule has 1 aromatic heterocycles. The number of fused-ring (bicyclic) bond motifs is 1. The smallest absolute Gasteiger partial charge is 0.392 e. The van der Waals surface area contributed by atoms with Gasteiger partial charge < -0.3 is 10.1 Å². The molecule has 0 amide bonds. The molecule has 3 aromatic rings. The highest BCUT2D eigenvalue weighted by atomic mass is 19.4. The van der Waals surface area contributed by atoms with Gasteiger partial charge in [-0.25, -0.2) is 4.98 Å². The van der Waals surface area contributed by atoms with Gasteiger partial charge in [-0.3, -0.25) is 10.3 Å². The summed E-state index contributed by atoms with van der Waals surface area (Å²) in [7, 11) is 0. The Labute approximate surface area is 188 Å². The average molecular weight is 455 g/mol. The van der Waals surface area contributed by atoms with Crippen molar-refractivity contribution in [1.29, 1.82) is 0 Å². The van der Waals surface area contributed by atoms with Gasteiger partial charge in [0, 0.05) is 5.56 Å². The highest BCUT2D eigenvalue weighted by Gasteiger charge is 2.37. The summed E-state index contributed by atoms with van der Waals surface area (Å²) in [4.78, 5) is 13.9. The van der Waals surface area contributed by atoms with Crippen LogP contribution in [0.1, 0.15) is 49.1 Å². The predicted octanol–water partition coefficient (Wildman–Crippen LogP) is 5.83. The average Bonchev–Trinajstić information content (AvgIpc) is 3.42. The second-order valence-corrected chi connectivity index (χ2v) is 8.56. The molecule has 1 fully saturated rings. The number of nitrogens with zero attached hydrogens (tertiary/aromatic N) is 1. The molecule has 5 rings (SSSR count). The van der Waals surface area contributed by atoms with Gasteiger partial charge in [-0.05, 0) is 48.2 Å². The van der Waals surface area contributed by atoms with Crippen molar-refractivity contribution in [2.45, 2.75) is 43.9 Å². The summed E-state index contributed by atoms with van der Waals surface area (Å²) < 4.78 is 40.9. The highest BCUT2D eigenvalue weighted by molar-refractivity contribution is 5.92. The van der Waals surface area contributed by atoms with Gasteiger partial charge in [0.1, 0.15) is 11.3 Å². The summed E-state index contributed by atoms with van der Waals surface area (Å²) >= 11 is 0. The minimum absolute atomic E-state index is 0.0874. The highest BCUT2D eigenvalue weighted by Crippen LogP contribution is 2.40. The van der Waals surface area contributed by atoms with E-state index in [0.717, 1.165) is 37.4 Å². The van der Waals surface area contributed by atoms with Crippen molar-refractivity contribution in [1.82, 2.24) is 15.4 Å². The third-order valence-electron chi connectivity index (χ3n) is 6.29. The molecular weight excluding hydrogens is 431 g/mol. The van der Waals surface area contributed by atoms with E-state index in [1.807, 2.05) is 0 Å². The van der Waals surface area contributed by atoms with Gasteiger partial charge in [0.2, 0.25) is 0 Å². The first-order valence-corrected chi connectivity index (χ1v) is 11.0. The van der Waals surface area contributed by atoms with Crippen LogP contribution in [0.3, 0.4) is 0 Å². The first kappa shape index (κ1) is 21.7. The molecule has 0 atom stereocenters. The molecule has 1 saturated carbocycles. The Morgan fingerprint density at radius 1 is 1.12 bits per heavy atom. The maximum atomic E-state index is 13.6. The van der Waals surface area contributed by atoms with E-state index in [2.05, 4.69) is 16.5 Å². The number of alkyl halides is 3. The number of aromatic nitrogens is 2. The molecule has 3 N–H and O–H groups in total. The molecule has 0 radical (unpaired) electrons. The number of halogens is 3. The standard InChI is InChI=1S/C25H24F3N3O2/c26-25(27,28)19-9-3-2-8-18(19)17-13-16(7-6-12-32)22-20(14-17)29-23(30-22)21-15-24(33-31-21)10-4-1-5-11-24/h2-3,6-9,13-15,31-32H,1,4-5,10-12H2,(H,29,30). The van der Waals surface area contributed by atoms with Crippen LogP contribution in [0.4, 0.5) is 13.2 Å². The molecule has 1 spiro atoms. The summed E-state index contributed by atoms with van der Waals surface area (Å²) in [6.45, 7) is -0.189. The molecule has 2 aliphatic rings. The third kappa shape index (κ3) is 4.16. The molecule has 1 aliphatic heterocycles. The summed E-state index contributed by atoms with van der Waals surface area (Å²) in [5.41, 5.74) is 5.01. The number of aromatic amines is 1. The number of benzene rings is 2. The number of nitrogens with one attached hydrogen (secondary N) is 2. The molecule has 172 valence electrons. The molecular formula is C25H24F3N3O2. The Hall–Kier alpha value is -3.10. The number of aliphatic hydroxyl groups is 1. The van der Waals surface area contributed by atoms with E-state index in [1.54, 1.807) is 24.3 Å². The van der Waals surface area contributed by atoms with Crippen LogP contribution in [0.15, 0.2) is 48.6 Å². The van der Waals surface area contributed by atoms with E-state index in [-0.39, 0.29) is 17.8 Å². The maximum Gasteiger partial charge on any atom is 0.417 e. The van der Waals surface area contributed by atoms with Crippen LogP contribution >= 0.6 is 0 Å². The van der Waals surface area contributed by atoms with Gasteiger partial charge >= 0.3 is 6.18 Å². The van der Waals surface area contributed by atoms with E-state index in [4.69, 9.17) is 9.82 Å². The van der Waals surface area contributed by atoms with Gasteiger partial charge in [-0.2, -0.15) is 13.2 Å². The lowest BCUT2D eigenvalue weighted by atomic mass is 9.84. The van der Waals surface area contributed by atoms with E-state index in [9.17, 15) is 18.3 Å². The van der Waals surface area contributed by atoms with E-state index >= 15 is 0 Å². The number of hydrogen-bond donors (Lipinski definition) is 3. The summed E-state index contributed by atoms with van der Waals surface area (Å²) in [5.74, 6) is 0.562. The molecule has 0 bridgehead atoms. The van der Waals surface area contributed by atoms with Gasteiger partial charge in [0.05, 0.1) is 23.2 Å². The normalized spacial score (nSPS) is 18.2. The number of aliphatic hydroxyl groups excluding tert-OH is 1. The van der Waals surface area contributed by atoms with Crippen molar-refractivity contribution in [3.63, 3.8) is 0 Å². The Kier molecular flexibility index (Phi) is 5.50. The lowest BCUT2D eigenvalue weighted by Crippen LogP contribution is -2.31. The Morgan fingerprint density at radius 3 is 2.67 bits per heavy atom. The third-order valence-corrected chi connectivity index (χ3v) is 6.29. The second-order valence-electron chi connectivity index (χ2n) is 8.56. The van der Waals surface area contributed by atoms with Gasteiger partial charge in [-0.15, -0.1) is 0 Å². The first-order valence-electron chi connectivity index (χ1n) is 11.0. The lowest BCUT2D eigenvalue weighted by molar-refractivity contribution is -0.137. The Balaban J connectivity index is 1.62. The van der Waals surface area contributed by atoms with Crippen LogP contribution in [0.25, 0.3) is 33.9 Å². The van der Waals surface area contributed by atoms with Crippen molar-refractivity contribution < 1.29 is 23.1 Å². The van der Waals surface area contributed by atoms with Crippen molar-refractivity contribution in [3.05, 3.63) is 65.5 Å². The number of imidazole rings is 1. The van der Waals surface area contributed by atoms with Gasteiger partial charge in [0.25, 0.3) is 0 Å². The molecule has 8 heteroatoms. The van der Waals surface area contributed by atoms with Crippen LogP contribution in [-0.2, 0) is 11.0 Å². The molecule has 33 heavy (non-hydrogen) atoms. The lowest BCUT2D eigenvalue weighted by Gasteiger charge is -2.29. The predicted molar refractivity (Wildman–Crippen MR) is 121 cm³/mol. The minimum Gasteiger partial charge on any atom is -0.392 e.